The summed E-state index contributed by atoms with van der Waals surface area (Å²) in [5.74, 6) is 4.01. The third kappa shape index (κ3) is 7.58. The Bertz CT molecular complexity index is 2130. The number of pyridine rings is 2. The molecule has 53 heavy (non-hydrogen) atoms. The van der Waals surface area contributed by atoms with Crippen molar-refractivity contribution in [3.8, 4) is 22.8 Å². The van der Waals surface area contributed by atoms with Crippen molar-refractivity contribution < 1.29 is 30.5 Å². The van der Waals surface area contributed by atoms with Crippen LogP contribution in [0.25, 0.3) is 11.3 Å². The second-order valence-electron chi connectivity index (χ2n) is 16.6. The van der Waals surface area contributed by atoms with E-state index in [1.807, 2.05) is 48.7 Å². The standard InChI is InChI=1S/C46H50N4O2.Pt/c1-28(2)42(29(3)4)40-27-51-44(49-40)32-22-31(39-15-11-12-18-47-39)23-36(24-32)52-35-21-30(5)20-34(26-35)50-41-17-16-33(45(6,7)8)25-38(41)46(9,10)37-14-13-19-48-43(37)50;/h11-23,25,28-29,40,42H,27H2,1-10H3;/q-2;+2/t40-;/m0./s1. The molecular weight excluding hydrogens is 836 g/mol. The topological polar surface area (TPSA) is 59.8 Å². The number of fused-ring (bicyclic) bond motifs is 2. The van der Waals surface area contributed by atoms with Crippen LogP contribution in [0.15, 0.2) is 90.2 Å². The number of aryl methyl sites for hydroxylation is 1. The minimum atomic E-state index is -0.245. The van der Waals surface area contributed by atoms with Crippen molar-refractivity contribution in [2.24, 2.45) is 22.7 Å². The Morgan fingerprint density at radius 2 is 1.58 bits per heavy atom. The number of nitrogens with zero attached hydrogens (tertiary/aromatic N) is 4. The Kier molecular flexibility index (Phi) is 10.8. The normalized spacial score (nSPS) is 16.2. The van der Waals surface area contributed by atoms with Gasteiger partial charge in [-0.05, 0) is 58.6 Å². The van der Waals surface area contributed by atoms with Crippen LogP contribution in [0.4, 0.5) is 17.2 Å². The quantitative estimate of drug-likeness (QED) is 0.145. The van der Waals surface area contributed by atoms with E-state index >= 15 is 0 Å². The smallest absolute Gasteiger partial charge is 0.518 e. The average Bonchev–Trinajstić information content (AvgIpc) is 3.57. The Balaban J connectivity index is 0.00000481. The Morgan fingerprint density at radius 3 is 2.28 bits per heavy atom. The fourth-order valence-electron chi connectivity index (χ4n) is 8.01. The summed E-state index contributed by atoms with van der Waals surface area (Å²) in [6.07, 6.45) is 3.67. The van der Waals surface area contributed by atoms with Crippen molar-refractivity contribution in [2.75, 3.05) is 11.5 Å². The molecule has 2 aliphatic rings. The van der Waals surface area contributed by atoms with Crippen molar-refractivity contribution in [1.29, 1.82) is 0 Å². The van der Waals surface area contributed by atoms with Crippen LogP contribution < -0.4 is 9.64 Å². The Labute approximate surface area is 330 Å². The molecule has 6 nitrogen and oxygen atoms in total. The van der Waals surface area contributed by atoms with Gasteiger partial charge in [-0.1, -0.05) is 122 Å². The second-order valence-corrected chi connectivity index (χ2v) is 16.6. The zero-order valence-corrected chi connectivity index (χ0v) is 34.8. The number of hydrogen-bond donors (Lipinski definition) is 0. The number of benzene rings is 3. The van der Waals surface area contributed by atoms with E-state index in [0.29, 0.717) is 41.8 Å². The van der Waals surface area contributed by atoms with Crippen LogP contribution in [-0.2, 0) is 36.6 Å². The van der Waals surface area contributed by atoms with Crippen molar-refractivity contribution >= 4 is 23.1 Å². The minimum Gasteiger partial charge on any atom is -0.518 e. The van der Waals surface area contributed by atoms with E-state index in [-0.39, 0.29) is 37.9 Å². The first-order valence-corrected chi connectivity index (χ1v) is 18.5. The molecular formula is C46H50N4O2Pt. The molecule has 0 saturated heterocycles. The van der Waals surface area contributed by atoms with E-state index in [1.165, 1.54) is 16.7 Å². The summed E-state index contributed by atoms with van der Waals surface area (Å²) in [6.45, 7) is 23.1. The van der Waals surface area contributed by atoms with Crippen LogP contribution in [0.5, 0.6) is 11.5 Å². The Morgan fingerprint density at radius 1 is 0.849 bits per heavy atom. The summed E-state index contributed by atoms with van der Waals surface area (Å²) in [5.41, 5.74) is 8.97. The largest absolute Gasteiger partial charge is 2.00 e. The van der Waals surface area contributed by atoms with Gasteiger partial charge in [0.05, 0.1) is 18.3 Å². The molecule has 7 heteroatoms. The molecule has 2 aliphatic heterocycles. The summed E-state index contributed by atoms with van der Waals surface area (Å²) < 4.78 is 13.0. The van der Waals surface area contributed by atoms with Gasteiger partial charge in [0.15, 0.2) is 0 Å². The third-order valence-corrected chi connectivity index (χ3v) is 10.6. The number of aromatic nitrogens is 2. The van der Waals surface area contributed by atoms with Gasteiger partial charge in [0, 0.05) is 40.6 Å². The molecule has 0 radical (unpaired) electrons. The van der Waals surface area contributed by atoms with Gasteiger partial charge in [0.25, 0.3) is 0 Å². The van der Waals surface area contributed by atoms with Gasteiger partial charge in [0.2, 0.25) is 0 Å². The van der Waals surface area contributed by atoms with Gasteiger partial charge >= 0.3 is 21.1 Å². The van der Waals surface area contributed by atoms with Crippen molar-refractivity contribution in [1.82, 2.24) is 9.97 Å². The Hall–Kier alpha value is -4.28. The number of ether oxygens (including phenoxy) is 2. The average molecular weight is 886 g/mol. The van der Waals surface area contributed by atoms with E-state index in [4.69, 9.17) is 19.5 Å². The van der Waals surface area contributed by atoms with Crippen LogP contribution >= 0.6 is 0 Å². The van der Waals surface area contributed by atoms with Gasteiger partial charge < -0.3 is 14.4 Å². The third-order valence-electron chi connectivity index (χ3n) is 10.6. The summed E-state index contributed by atoms with van der Waals surface area (Å²) in [7, 11) is 0. The molecule has 5 aromatic rings. The van der Waals surface area contributed by atoms with Gasteiger partial charge in [-0.3, -0.25) is 9.98 Å². The fraction of sp³-hybridized carbons (Fsp3) is 0.370. The molecule has 0 fully saturated rings. The predicted octanol–water partition coefficient (Wildman–Crippen LogP) is 11.3. The maximum absolute atomic E-state index is 6.69. The van der Waals surface area contributed by atoms with E-state index in [9.17, 15) is 0 Å². The molecule has 0 saturated carbocycles. The molecule has 0 unspecified atom stereocenters. The molecule has 0 spiro atoms. The van der Waals surface area contributed by atoms with Crippen LogP contribution in [-0.4, -0.2) is 28.5 Å². The van der Waals surface area contributed by atoms with Gasteiger partial charge in [-0.15, -0.1) is 24.3 Å². The van der Waals surface area contributed by atoms with E-state index < -0.39 is 0 Å². The van der Waals surface area contributed by atoms with Gasteiger partial charge in [0.1, 0.15) is 11.7 Å². The zero-order valence-electron chi connectivity index (χ0n) is 32.5. The number of hydrogen-bond acceptors (Lipinski definition) is 6. The van der Waals surface area contributed by atoms with Crippen LogP contribution in [0.2, 0.25) is 0 Å². The number of rotatable bonds is 8. The zero-order chi connectivity index (χ0) is 36.9. The molecule has 3 aromatic carbocycles. The minimum absolute atomic E-state index is 0. The molecule has 7 rings (SSSR count). The molecule has 2 aromatic heterocycles. The van der Waals surface area contributed by atoms with Crippen molar-refractivity contribution in [2.45, 2.75) is 86.1 Å². The molecule has 0 amide bonds. The van der Waals surface area contributed by atoms with Crippen molar-refractivity contribution in [3.63, 3.8) is 0 Å². The van der Waals surface area contributed by atoms with Gasteiger partial charge in [-0.2, -0.15) is 5.56 Å². The second kappa shape index (κ2) is 14.9. The maximum Gasteiger partial charge on any atom is 2.00 e. The first-order chi connectivity index (χ1) is 24.7. The molecule has 4 heterocycles. The summed E-state index contributed by atoms with van der Waals surface area (Å²) in [5, 5.41) is 0. The van der Waals surface area contributed by atoms with Crippen LogP contribution in [0.3, 0.4) is 0 Å². The van der Waals surface area contributed by atoms with Gasteiger partial charge in [-0.25, -0.2) is 4.98 Å². The molecule has 0 aliphatic carbocycles. The van der Waals surface area contributed by atoms with E-state index in [1.54, 1.807) is 6.20 Å². The van der Waals surface area contributed by atoms with E-state index in [2.05, 4.69) is 122 Å². The first kappa shape index (κ1) is 38.4. The molecule has 276 valence electrons. The van der Waals surface area contributed by atoms with Crippen LogP contribution in [0, 0.1) is 36.8 Å². The maximum atomic E-state index is 6.69. The number of aliphatic imine (C=N–C) groups is 1. The van der Waals surface area contributed by atoms with Crippen molar-refractivity contribution in [3.05, 3.63) is 125 Å². The van der Waals surface area contributed by atoms with E-state index in [0.717, 1.165) is 39.6 Å². The molecule has 0 bridgehead atoms. The first-order valence-electron chi connectivity index (χ1n) is 18.5. The summed E-state index contributed by atoms with van der Waals surface area (Å²) >= 11 is 0. The SMILES string of the molecule is Cc1cc(Oc2[c-]c(C3=N[C@H](C(C(C)C)C(C)C)CO3)cc(-c3ccccn3)c2)[c-]c(N2c3ccc(C(C)(C)C)cc3C(C)(C)c3cccnc32)c1.[Pt+2]. The predicted molar refractivity (Wildman–Crippen MR) is 211 cm³/mol. The summed E-state index contributed by atoms with van der Waals surface area (Å²) in [6, 6.07) is 32.4. The number of anilines is 3. The molecule has 1 atom stereocenters. The fourth-order valence-corrected chi connectivity index (χ4v) is 8.01. The summed E-state index contributed by atoms with van der Waals surface area (Å²) in [4.78, 5) is 16.9. The van der Waals surface area contributed by atoms with Crippen LogP contribution in [0.1, 0.15) is 90.1 Å². The molecule has 0 N–H and O–H groups in total. The monoisotopic (exact) mass is 885 g/mol.